The molecule has 0 fully saturated rings. The molecule has 2 aromatic carbocycles. The number of halogens is 1. The molecule has 19 heavy (non-hydrogen) atoms. The number of ether oxygens (including phenoxy) is 1. The fourth-order valence-corrected chi connectivity index (χ4v) is 2.00. The van der Waals surface area contributed by atoms with E-state index in [0.717, 1.165) is 11.3 Å². The van der Waals surface area contributed by atoms with E-state index in [4.69, 9.17) is 10.5 Å². The number of hydrogen-bond acceptors (Lipinski definition) is 2. The minimum Gasteiger partial charge on any atom is -0.457 e. The molecule has 2 N–H and O–H groups in total. The average Bonchev–Trinajstić information content (AvgIpc) is 2.39. The Morgan fingerprint density at radius 1 is 1.05 bits per heavy atom. The molecule has 0 aromatic heterocycles. The highest BCUT2D eigenvalue weighted by Gasteiger charge is 2.12. The Bertz CT molecular complexity index is 566. The summed E-state index contributed by atoms with van der Waals surface area (Å²) in [6, 6.07) is 12.5. The van der Waals surface area contributed by atoms with Crippen LogP contribution in [0.1, 0.15) is 30.9 Å². The van der Waals surface area contributed by atoms with Crippen molar-refractivity contribution in [1.29, 1.82) is 0 Å². The Labute approximate surface area is 113 Å². The van der Waals surface area contributed by atoms with Crippen LogP contribution in [0.5, 0.6) is 11.5 Å². The Kier molecular flexibility index (Phi) is 4.17. The average molecular weight is 259 g/mol. The first-order valence-corrected chi connectivity index (χ1v) is 6.37. The van der Waals surface area contributed by atoms with Crippen molar-refractivity contribution in [3.05, 3.63) is 59.4 Å². The van der Waals surface area contributed by atoms with Gasteiger partial charge in [0, 0.05) is 12.1 Å². The van der Waals surface area contributed by atoms with Gasteiger partial charge in [-0.05, 0) is 29.7 Å². The second-order valence-corrected chi connectivity index (χ2v) is 4.72. The summed E-state index contributed by atoms with van der Waals surface area (Å²) in [5, 5.41) is 0. The minimum atomic E-state index is -0.331. The fourth-order valence-electron chi connectivity index (χ4n) is 2.00. The third kappa shape index (κ3) is 2.93. The quantitative estimate of drug-likeness (QED) is 0.893. The molecule has 0 saturated heterocycles. The third-order valence-corrected chi connectivity index (χ3v) is 3.04. The van der Waals surface area contributed by atoms with Gasteiger partial charge < -0.3 is 10.5 Å². The van der Waals surface area contributed by atoms with E-state index in [0.29, 0.717) is 17.2 Å². The van der Waals surface area contributed by atoms with Crippen LogP contribution >= 0.6 is 0 Å². The van der Waals surface area contributed by atoms with Crippen LogP contribution in [0.3, 0.4) is 0 Å². The van der Waals surface area contributed by atoms with E-state index in [-0.39, 0.29) is 12.4 Å². The first kappa shape index (κ1) is 13.6. The number of benzene rings is 2. The molecule has 0 heterocycles. The van der Waals surface area contributed by atoms with Crippen molar-refractivity contribution in [1.82, 2.24) is 0 Å². The molecule has 2 nitrogen and oxygen atoms in total. The zero-order valence-corrected chi connectivity index (χ0v) is 11.2. The predicted octanol–water partition coefficient (Wildman–Crippen LogP) is 4.20. The summed E-state index contributed by atoms with van der Waals surface area (Å²) in [5.41, 5.74) is 7.08. The lowest BCUT2D eigenvalue weighted by atomic mass is 10.0. The molecular weight excluding hydrogens is 241 g/mol. The maximum Gasteiger partial charge on any atom is 0.134 e. The van der Waals surface area contributed by atoms with Gasteiger partial charge in [0.15, 0.2) is 0 Å². The summed E-state index contributed by atoms with van der Waals surface area (Å²) < 4.78 is 19.5. The van der Waals surface area contributed by atoms with E-state index in [1.807, 2.05) is 24.3 Å². The van der Waals surface area contributed by atoms with Gasteiger partial charge in [0.1, 0.15) is 17.3 Å². The van der Waals surface area contributed by atoms with Gasteiger partial charge in [-0.3, -0.25) is 0 Å². The lowest BCUT2D eigenvalue weighted by Gasteiger charge is -2.15. The maximum atomic E-state index is 13.7. The molecule has 0 aliphatic carbocycles. The van der Waals surface area contributed by atoms with E-state index >= 15 is 0 Å². The molecule has 2 rings (SSSR count). The van der Waals surface area contributed by atoms with Crippen LogP contribution in [0.25, 0.3) is 0 Å². The van der Waals surface area contributed by atoms with Crippen molar-refractivity contribution >= 4 is 0 Å². The topological polar surface area (TPSA) is 35.2 Å². The molecule has 0 saturated carbocycles. The van der Waals surface area contributed by atoms with Gasteiger partial charge in [-0.1, -0.05) is 38.1 Å². The smallest absolute Gasteiger partial charge is 0.134 e. The van der Waals surface area contributed by atoms with Gasteiger partial charge in [0.25, 0.3) is 0 Å². The van der Waals surface area contributed by atoms with Gasteiger partial charge >= 0.3 is 0 Å². The molecule has 0 aliphatic heterocycles. The Morgan fingerprint density at radius 3 is 2.42 bits per heavy atom. The van der Waals surface area contributed by atoms with Gasteiger partial charge in [0.05, 0.1) is 0 Å². The van der Waals surface area contributed by atoms with Crippen LogP contribution in [0.15, 0.2) is 42.5 Å². The van der Waals surface area contributed by atoms with Crippen LogP contribution in [-0.2, 0) is 6.54 Å². The van der Waals surface area contributed by atoms with Gasteiger partial charge in [-0.2, -0.15) is 0 Å². The predicted molar refractivity (Wildman–Crippen MR) is 74.9 cm³/mol. The molecule has 3 heteroatoms. The highest BCUT2D eigenvalue weighted by atomic mass is 19.1. The SMILES string of the molecule is CC(C)c1ccccc1Oc1cccc(F)c1CN. The second-order valence-electron chi connectivity index (χ2n) is 4.72. The zero-order valence-electron chi connectivity index (χ0n) is 11.2. The minimum absolute atomic E-state index is 0.117. The van der Waals surface area contributed by atoms with Crippen LogP contribution in [0.2, 0.25) is 0 Å². The van der Waals surface area contributed by atoms with Crippen molar-refractivity contribution in [2.24, 2.45) is 5.73 Å². The maximum absolute atomic E-state index is 13.7. The van der Waals surface area contributed by atoms with Crippen LogP contribution in [0.4, 0.5) is 4.39 Å². The third-order valence-electron chi connectivity index (χ3n) is 3.04. The first-order valence-electron chi connectivity index (χ1n) is 6.37. The van der Waals surface area contributed by atoms with Crippen LogP contribution < -0.4 is 10.5 Å². The van der Waals surface area contributed by atoms with Crippen molar-refractivity contribution in [2.75, 3.05) is 0 Å². The molecular formula is C16H18FNO. The summed E-state index contributed by atoms with van der Waals surface area (Å²) in [7, 11) is 0. The highest BCUT2D eigenvalue weighted by molar-refractivity contribution is 5.42. The second kappa shape index (κ2) is 5.85. The summed E-state index contributed by atoms with van der Waals surface area (Å²) >= 11 is 0. The zero-order chi connectivity index (χ0) is 13.8. The fraction of sp³-hybridized carbons (Fsp3) is 0.250. The monoisotopic (exact) mass is 259 g/mol. The summed E-state index contributed by atoms with van der Waals surface area (Å²) in [6.07, 6.45) is 0. The highest BCUT2D eigenvalue weighted by Crippen LogP contribution is 2.32. The number of rotatable bonds is 4. The molecule has 2 aromatic rings. The molecule has 0 atom stereocenters. The summed E-state index contributed by atoms with van der Waals surface area (Å²) in [5.74, 6) is 1.24. The van der Waals surface area contributed by atoms with E-state index in [9.17, 15) is 4.39 Å². The Morgan fingerprint density at radius 2 is 1.74 bits per heavy atom. The standard InChI is InChI=1S/C16H18FNO/c1-11(2)12-6-3-4-8-15(12)19-16-9-5-7-14(17)13(16)10-18/h3-9,11H,10,18H2,1-2H3. The summed E-state index contributed by atoms with van der Waals surface area (Å²) in [4.78, 5) is 0. The molecule has 0 unspecified atom stereocenters. The number of para-hydroxylation sites is 1. The molecule has 0 spiro atoms. The van der Waals surface area contributed by atoms with Crippen molar-refractivity contribution in [2.45, 2.75) is 26.3 Å². The van der Waals surface area contributed by atoms with Gasteiger partial charge in [0.2, 0.25) is 0 Å². The van der Waals surface area contributed by atoms with Crippen molar-refractivity contribution in [3.8, 4) is 11.5 Å². The summed E-state index contributed by atoms with van der Waals surface area (Å²) in [6.45, 7) is 4.31. The lowest BCUT2D eigenvalue weighted by molar-refractivity contribution is 0.459. The van der Waals surface area contributed by atoms with E-state index in [2.05, 4.69) is 13.8 Å². The number of nitrogens with two attached hydrogens (primary N) is 1. The van der Waals surface area contributed by atoms with Gasteiger partial charge in [-0.15, -0.1) is 0 Å². The molecule has 0 amide bonds. The van der Waals surface area contributed by atoms with Crippen LogP contribution in [-0.4, -0.2) is 0 Å². The van der Waals surface area contributed by atoms with E-state index < -0.39 is 0 Å². The van der Waals surface area contributed by atoms with Crippen molar-refractivity contribution in [3.63, 3.8) is 0 Å². The molecule has 0 bridgehead atoms. The largest absolute Gasteiger partial charge is 0.457 e. The number of hydrogen-bond donors (Lipinski definition) is 1. The van der Waals surface area contributed by atoms with E-state index in [1.54, 1.807) is 12.1 Å². The molecule has 100 valence electrons. The normalized spacial score (nSPS) is 10.8. The Balaban J connectivity index is 2.39. The first-order chi connectivity index (χ1) is 9.13. The molecule has 0 radical (unpaired) electrons. The lowest BCUT2D eigenvalue weighted by Crippen LogP contribution is -2.03. The van der Waals surface area contributed by atoms with Crippen LogP contribution in [0, 0.1) is 5.82 Å². The Hall–Kier alpha value is -1.87. The van der Waals surface area contributed by atoms with Gasteiger partial charge in [-0.25, -0.2) is 4.39 Å². The molecule has 0 aliphatic rings. The van der Waals surface area contributed by atoms with E-state index in [1.165, 1.54) is 6.07 Å². The van der Waals surface area contributed by atoms with Crippen molar-refractivity contribution < 1.29 is 9.13 Å².